The maximum absolute atomic E-state index is 13.0. The number of nitrogens with zero attached hydrogens (tertiary/aromatic N) is 3. The Kier molecular flexibility index (Phi) is 4.14. The van der Waals surface area contributed by atoms with Crippen molar-refractivity contribution < 1.29 is 14.1 Å². The maximum atomic E-state index is 13.0. The van der Waals surface area contributed by atoms with Gasteiger partial charge in [-0.1, -0.05) is 23.4 Å². The monoisotopic (exact) mass is 354 g/mol. The molecule has 1 aromatic carbocycles. The van der Waals surface area contributed by atoms with Crippen LogP contribution in [0.1, 0.15) is 18.6 Å². The summed E-state index contributed by atoms with van der Waals surface area (Å²) in [6.07, 6.45) is 1.18. The summed E-state index contributed by atoms with van der Waals surface area (Å²) in [5.74, 6) is 0.637. The number of hydrogen-bond donors (Lipinski definition) is 1. The summed E-state index contributed by atoms with van der Waals surface area (Å²) in [6.45, 7) is 4.57. The van der Waals surface area contributed by atoms with E-state index in [1.165, 1.54) is 5.69 Å². The van der Waals surface area contributed by atoms with E-state index in [0.29, 0.717) is 37.5 Å². The highest BCUT2D eigenvalue weighted by molar-refractivity contribution is 6.12. The minimum absolute atomic E-state index is 0.0667. The Labute approximate surface area is 151 Å². The molecule has 0 atom stereocenters. The summed E-state index contributed by atoms with van der Waals surface area (Å²) >= 11 is 0. The van der Waals surface area contributed by atoms with Crippen molar-refractivity contribution in [1.29, 1.82) is 0 Å². The molecular weight excluding hydrogens is 332 g/mol. The molecular formula is C19H22N4O3. The molecule has 2 aliphatic rings. The molecule has 4 rings (SSSR count). The lowest BCUT2D eigenvalue weighted by molar-refractivity contribution is -0.142. The van der Waals surface area contributed by atoms with E-state index in [1.807, 2.05) is 23.1 Å². The Morgan fingerprint density at radius 1 is 1.12 bits per heavy atom. The number of carbonyl (C=O) groups excluding carboxylic acids is 2. The van der Waals surface area contributed by atoms with Crippen molar-refractivity contribution in [1.82, 2.24) is 10.1 Å². The van der Waals surface area contributed by atoms with Crippen LogP contribution in [0, 0.1) is 12.3 Å². The maximum Gasteiger partial charge on any atom is 0.241 e. The molecule has 7 nitrogen and oxygen atoms in total. The largest absolute Gasteiger partial charge is 0.368 e. The van der Waals surface area contributed by atoms with Gasteiger partial charge in [-0.15, -0.1) is 0 Å². The number of piperazine rings is 1. The minimum atomic E-state index is -0.929. The van der Waals surface area contributed by atoms with Gasteiger partial charge in [0.1, 0.15) is 11.2 Å². The van der Waals surface area contributed by atoms with Crippen molar-refractivity contribution in [3.8, 4) is 0 Å². The van der Waals surface area contributed by atoms with E-state index in [1.54, 1.807) is 13.0 Å². The molecule has 0 spiro atoms. The molecule has 1 aliphatic heterocycles. The Morgan fingerprint density at radius 2 is 1.81 bits per heavy atom. The first-order valence-corrected chi connectivity index (χ1v) is 8.93. The first-order valence-electron chi connectivity index (χ1n) is 8.93. The van der Waals surface area contributed by atoms with Gasteiger partial charge >= 0.3 is 0 Å². The highest BCUT2D eigenvalue weighted by Gasteiger charge is 2.58. The van der Waals surface area contributed by atoms with Crippen molar-refractivity contribution in [3.05, 3.63) is 42.2 Å². The van der Waals surface area contributed by atoms with Crippen molar-refractivity contribution in [2.45, 2.75) is 19.8 Å². The fraction of sp³-hybridized carbons (Fsp3) is 0.421. The summed E-state index contributed by atoms with van der Waals surface area (Å²) < 4.78 is 4.96. The zero-order valence-corrected chi connectivity index (χ0v) is 14.8. The number of hydrogen-bond acceptors (Lipinski definition) is 5. The SMILES string of the molecule is Cc1cc(NC(=O)C2(C(=O)N3CCN(c4ccccc4)CC3)CC2)no1. The molecule has 26 heavy (non-hydrogen) atoms. The molecule has 1 saturated carbocycles. The fourth-order valence-electron chi connectivity index (χ4n) is 3.43. The quantitative estimate of drug-likeness (QED) is 0.850. The second-order valence-corrected chi connectivity index (χ2v) is 6.97. The number of carbonyl (C=O) groups is 2. The first kappa shape index (κ1) is 16.6. The number of aryl methyl sites for hydroxylation is 1. The standard InChI is InChI=1S/C19H22N4O3/c1-14-13-16(21-26-14)20-17(24)19(7-8-19)18(25)23-11-9-22(10-12-23)15-5-3-2-4-6-15/h2-6,13H,7-12H2,1H3,(H,20,21,24). The van der Waals surface area contributed by atoms with Crippen LogP contribution in [0.15, 0.2) is 40.9 Å². The van der Waals surface area contributed by atoms with Crippen LogP contribution in [0.25, 0.3) is 0 Å². The molecule has 2 heterocycles. The van der Waals surface area contributed by atoms with Crippen LogP contribution in [0.2, 0.25) is 0 Å². The number of benzene rings is 1. The van der Waals surface area contributed by atoms with E-state index in [4.69, 9.17) is 4.52 Å². The van der Waals surface area contributed by atoms with Crippen molar-refractivity contribution in [3.63, 3.8) is 0 Å². The minimum Gasteiger partial charge on any atom is -0.368 e. The second-order valence-electron chi connectivity index (χ2n) is 6.97. The second kappa shape index (κ2) is 6.48. The average Bonchev–Trinajstić information content (AvgIpc) is 3.39. The lowest BCUT2D eigenvalue weighted by Gasteiger charge is -2.37. The summed E-state index contributed by atoms with van der Waals surface area (Å²) in [4.78, 5) is 29.7. The van der Waals surface area contributed by atoms with Gasteiger partial charge in [0.2, 0.25) is 11.8 Å². The van der Waals surface area contributed by atoms with E-state index >= 15 is 0 Å². The van der Waals surface area contributed by atoms with Crippen molar-refractivity contribution >= 4 is 23.3 Å². The van der Waals surface area contributed by atoms with Gasteiger partial charge in [-0.05, 0) is 31.9 Å². The predicted octanol–water partition coefficient (Wildman–Crippen LogP) is 2.05. The third-order valence-corrected chi connectivity index (χ3v) is 5.15. The molecule has 1 aliphatic carbocycles. The molecule has 1 saturated heterocycles. The van der Waals surface area contributed by atoms with Crippen LogP contribution in [-0.4, -0.2) is 48.0 Å². The summed E-state index contributed by atoms with van der Waals surface area (Å²) in [6, 6.07) is 11.8. The van der Waals surface area contributed by atoms with Crippen LogP contribution in [0.5, 0.6) is 0 Å². The van der Waals surface area contributed by atoms with Gasteiger partial charge in [0.15, 0.2) is 5.82 Å². The number of aromatic nitrogens is 1. The lowest BCUT2D eigenvalue weighted by Crippen LogP contribution is -2.52. The van der Waals surface area contributed by atoms with Gasteiger partial charge in [0.25, 0.3) is 0 Å². The van der Waals surface area contributed by atoms with E-state index in [0.717, 1.165) is 13.1 Å². The molecule has 1 N–H and O–H groups in total. The summed E-state index contributed by atoms with van der Waals surface area (Å²) in [7, 11) is 0. The van der Waals surface area contributed by atoms with Crippen molar-refractivity contribution in [2.24, 2.45) is 5.41 Å². The molecule has 7 heteroatoms. The highest BCUT2D eigenvalue weighted by atomic mass is 16.5. The molecule has 0 radical (unpaired) electrons. The van der Waals surface area contributed by atoms with Gasteiger partial charge in [-0.25, -0.2) is 0 Å². The average molecular weight is 354 g/mol. The summed E-state index contributed by atoms with van der Waals surface area (Å²) in [5, 5.41) is 6.49. The van der Waals surface area contributed by atoms with Crippen molar-refractivity contribution in [2.75, 3.05) is 36.4 Å². The predicted molar refractivity (Wildman–Crippen MR) is 96.8 cm³/mol. The normalized spacial score (nSPS) is 18.5. The topological polar surface area (TPSA) is 78.7 Å². The molecule has 2 fully saturated rings. The van der Waals surface area contributed by atoms with Gasteiger partial charge in [0, 0.05) is 37.9 Å². The third-order valence-electron chi connectivity index (χ3n) is 5.15. The first-order chi connectivity index (χ1) is 12.6. The van der Waals surface area contributed by atoms with Crippen LogP contribution in [0.3, 0.4) is 0 Å². The van der Waals surface area contributed by atoms with E-state index in [9.17, 15) is 9.59 Å². The summed E-state index contributed by atoms with van der Waals surface area (Å²) in [5.41, 5.74) is 0.238. The fourth-order valence-corrected chi connectivity index (χ4v) is 3.43. The Balaban J connectivity index is 1.38. The molecule has 0 bridgehead atoms. The van der Waals surface area contributed by atoms with Crippen LogP contribution < -0.4 is 10.2 Å². The molecule has 2 aromatic rings. The van der Waals surface area contributed by atoms with Crippen LogP contribution >= 0.6 is 0 Å². The van der Waals surface area contributed by atoms with Crippen LogP contribution in [0.4, 0.5) is 11.5 Å². The smallest absolute Gasteiger partial charge is 0.241 e. The number of para-hydroxylation sites is 1. The van der Waals surface area contributed by atoms with E-state index < -0.39 is 5.41 Å². The zero-order chi connectivity index (χ0) is 18.1. The number of nitrogens with one attached hydrogen (secondary N) is 1. The molecule has 1 aromatic heterocycles. The lowest BCUT2D eigenvalue weighted by atomic mass is 10.0. The van der Waals surface area contributed by atoms with Gasteiger partial charge in [-0.3, -0.25) is 9.59 Å². The van der Waals surface area contributed by atoms with Gasteiger partial charge in [-0.2, -0.15) is 0 Å². The number of amides is 2. The Hall–Kier alpha value is -2.83. The third kappa shape index (κ3) is 3.05. The highest BCUT2D eigenvalue weighted by Crippen LogP contribution is 2.48. The number of rotatable bonds is 4. The Bertz CT molecular complexity index is 805. The number of anilines is 2. The van der Waals surface area contributed by atoms with E-state index in [2.05, 4.69) is 27.5 Å². The van der Waals surface area contributed by atoms with E-state index in [-0.39, 0.29) is 11.8 Å². The molecule has 0 unspecified atom stereocenters. The molecule has 2 amide bonds. The van der Waals surface area contributed by atoms with Gasteiger partial charge < -0.3 is 19.6 Å². The Morgan fingerprint density at radius 3 is 2.38 bits per heavy atom. The van der Waals surface area contributed by atoms with Gasteiger partial charge in [0.05, 0.1) is 0 Å². The van der Waals surface area contributed by atoms with Crippen LogP contribution in [-0.2, 0) is 9.59 Å². The zero-order valence-electron chi connectivity index (χ0n) is 14.8. The molecule has 136 valence electrons.